The molecule has 0 amide bonds. The van der Waals surface area contributed by atoms with Crippen LogP contribution in [0.15, 0.2) is 28.1 Å². The highest BCUT2D eigenvalue weighted by molar-refractivity contribution is 14.0. The van der Waals surface area contributed by atoms with E-state index in [9.17, 15) is 8.42 Å². The lowest BCUT2D eigenvalue weighted by Crippen LogP contribution is -2.39. The Hall–Kier alpha value is -0.870. The van der Waals surface area contributed by atoms with Crippen molar-refractivity contribution in [3.63, 3.8) is 0 Å². The van der Waals surface area contributed by atoms with Gasteiger partial charge in [0, 0.05) is 19.3 Å². The Morgan fingerprint density at radius 1 is 1.21 bits per heavy atom. The minimum atomic E-state index is -3.18. The predicted octanol–water partition coefficient (Wildman–Crippen LogP) is 3.19. The number of hydrogen-bond acceptors (Lipinski definition) is 4. The fourth-order valence-corrected chi connectivity index (χ4v) is 4.68. The van der Waals surface area contributed by atoms with Crippen LogP contribution in [0.1, 0.15) is 44.2 Å². The lowest BCUT2D eigenvalue weighted by molar-refractivity contribution is 0.187. The van der Waals surface area contributed by atoms with E-state index in [2.05, 4.69) is 34.4 Å². The minimum Gasteiger partial charge on any atom is -0.357 e. The molecule has 1 aliphatic heterocycles. The van der Waals surface area contributed by atoms with E-state index in [0.717, 1.165) is 42.6 Å². The van der Waals surface area contributed by atoms with Gasteiger partial charge >= 0.3 is 0 Å². The Labute approximate surface area is 193 Å². The third kappa shape index (κ3) is 8.80. The molecule has 0 aliphatic carbocycles. The Bertz CT molecular complexity index is 760. The molecule has 1 heterocycles. The number of benzene rings is 1. The highest BCUT2D eigenvalue weighted by atomic mass is 127. The molecule has 1 aromatic rings. The zero-order valence-electron chi connectivity index (χ0n) is 18.2. The number of aryl methyl sites for hydroxylation is 1. The normalized spacial score (nSPS) is 16.3. The molecule has 0 atom stereocenters. The van der Waals surface area contributed by atoms with Crippen LogP contribution in [-0.2, 0) is 16.4 Å². The number of rotatable bonds is 8. The molecule has 0 saturated carbocycles. The second-order valence-electron chi connectivity index (χ2n) is 7.66. The molecule has 29 heavy (non-hydrogen) atoms. The number of hydrogen-bond donors (Lipinski definition) is 2. The van der Waals surface area contributed by atoms with Crippen LogP contribution in [-0.4, -0.2) is 58.3 Å². The maximum atomic E-state index is 11.7. The highest BCUT2D eigenvalue weighted by Gasteiger charge is 2.17. The summed E-state index contributed by atoms with van der Waals surface area (Å²) in [6, 6.07) is 5.43. The molecule has 6 nitrogen and oxygen atoms in total. The summed E-state index contributed by atoms with van der Waals surface area (Å²) >= 11 is 0. The summed E-state index contributed by atoms with van der Waals surface area (Å²) in [5.74, 6) is 1.61. The van der Waals surface area contributed by atoms with Crippen LogP contribution < -0.4 is 10.6 Å². The first-order valence-corrected chi connectivity index (χ1v) is 12.3. The number of nitrogens with one attached hydrogen (secondary N) is 2. The Morgan fingerprint density at radius 3 is 2.45 bits per heavy atom. The number of nitrogens with zero attached hydrogens (tertiary/aromatic N) is 2. The third-order valence-electron chi connectivity index (χ3n) is 5.40. The van der Waals surface area contributed by atoms with Crippen LogP contribution in [0, 0.1) is 12.8 Å². The van der Waals surface area contributed by atoms with Gasteiger partial charge in [0.1, 0.15) is 0 Å². The van der Waals surface area contributed by atoms with E-state index >= 15 is 0 Å². The SMILES string of the molecule is CCNC(=NCc1ccc(S(C)(=O)=O)c(C)c1)NCCC1CCN(CC)CC1.I. The second-order valence-corrected chi connectivity index (χ2v) is 9.64. The van der Waals surface area contributed by atoms with Gasteiger partial charge in [0.2, 0.25) is 0 Å². The van der Waals surface area contributed by atoms with E-state index < -0.39 is 9.84 Å². The molecule has 2 N–H and O–H groups in total. The molecule has 1 aliphatic rings. The summed E-state index contributed by atoms with van der Waals surface area (Å²) in [5, 5.41) is 6.73. The smallest absolute Gasteiger partial charge is 0.191 e. The van der Waals surface area contributed by atoms with E-state index in [1.54, 1.807) is 6.07 Å². The van der Waals surface area contributed by atoms with Gasteiger partial charge in [0.15, 0.2) is 15.8 Å². The standard InChI is InChI=1S/C21H36N4O2S.HI/c1-5-22-21(23-12-9-18-10-13-25(6-2)14-11-18)24-16-19-7-8-20(17(3)15-19)28(4,26)27;/h7-8,15,18H,5-6,9-14,16H2,1-4H3,(H2,22,23,24);1H. The average Bonchev–Trinajstić information content (AvgIpc) is 2.65. The molecule has 0 unspecified atom stereocenters. The first-order valence-electron chi connectivity index (χ1n) is 10.4. The number of sulfone groups is 1. The summed E-state index contributed by atoms with van der Waals surface area (Å²) in [7, 11) is -3.18. The number of halogens is 1. The van der Waals surface area contributed by atoms with Gasteiger partial charge in [-0.1, -0.05) is 19.1 Å². The monoisotopic (exact) mass is 536 g/mol. The Balaban J connectivity index is 0.00000420. The predicted molar refractivity (Wildman–Crippen MR) is 132 cm³/mol. The summed E-state index contributed by atoms with van der Waals surface area (Å²) < 4.78 is 23.5. The van der Waals surface area contributed by atoms with Gasteiger partial charge in [-0.2, -0.15) is 0 Å². The molecule has 0 bridgehead atoms. The van der Waals surface area contributed by atoms with Crippen molar-refractivity contribution >= 4 is 39.8 Å². The number of piperidine rings is 1. The fraction of sp³-hybridized carbons (Fsp3) is 0.667. The summed E-state index contributed by atoms with van der Waals surface area (Å²) in [5.41, 5.74) is 1.78. The van der Waals surface area contributed by atoms with Gasteiger partial charge in [-0.25, -0.2) is 13.4 Å². The van der Waals surface area contributed by atoms with Crippen molar-refractivity contribution < 1.29 is 8.42 Å². The molecular formula is C21H37IN4O2S. The Morgan fingerprint density at radius 2 is 1.90 bits per heavy atom. The van der Waals surface area contributed by atoms with Gasteiger partial charge in [-0.05, 0) is 75.9 Å². The molecule has 1 saturated heterocycles. The molecule has 2 rings (SSSR count). The fourth-order valence-electron chi connectivity index (χ4n) is 3.72. The number of guanidine groups is 1. The topological polar surface area (TPSA) is 73.8 Å². The van der Waals surface area contributed by atoms with Crippen molar-refractivity contribution in [2.45, 2.75) is 51.5 Å². The second kappa shape index (κ2) is 12.7. The van der Waals surface area contributed by atoms with Gasteiger partial charge in [0.25, 0.3) is 0 Å². The van der Waals surface area contributed by atoms with Crippen LogP contribution in [0.3, 0.4) is 0 Å². The summed E-state index contributed by atoms with van der Waals surface area (Å²) in [6.45, 7) is 12.0. The first-order chi connectivity index (χ1) is 13.3. The highest BCUT2D eigenvalue weighted by Crippen LogP contribution is 2.19. The van der Waals surface area contributed by atoms with Gasteiger partial charge in [0.05, 0.1) is 11.4 Å². The van der Waals surface area contributed by atoms with Crippen molar-refractivity contribution in [2.24, 2.45) is 10.9 Å². The van der Waals surface area contributed by atoms with Gasteiger partial charge in [-0.15, -0.1) is 24.0 Å². The van der Waals surface area contributed by atoms with Gasteiger partial charge < -0.3 is 15.5 Å². The molecule has 1 aromatic carbocycles. The van der Waals surface area contributed by atoms with E-state index in [1.807, 2.05) is 19.1 Å². The van der Waals surface area contributed by atoms with Crippen molar-refractivity contribution in [3.8, 4) is 0 Å². The van der Waals surface area contributed by atoms with Crippen LogP contribution in [0.2, 0.25) is 0 Å². The first kappa shape index (κ1) is 26.2. The van der Waals surface area contributed by atoms with E-state index in [1.165, 1.54) is 38.6 Å². The molecule has 0 aromatic heterocycles. The molecule has 166 valence electrons. The van der Waals surface area contributed by atoms with E-state index in [4.69, 9.17) is 0 Å². The summed E-state index contributed by atoms with van der Waals surface area (Å²) in [4.78, 5) is 7.57. The third-order valence-corrected chi connectivity index (χ3v) is 6.66. The van der Waals surface area contributed by atoms with Crippen molar-refractivity contribution in [1.82, 2.24) is 15.5 Å². The van der Waals surface area contributed by atoms with Crippen LogP contribution >= 0.6 is 24.0 Å². The lowest BCUT2D eigenvalue weighted by atomic mass is 9.93. The van der Waals surface area contributed by atoms with Gasteiger partial charge in [-0.3, -0.25) is 0 Å². The van der Waals surface area contributed by atoms with Crippen LogP contribution in [0.25, 0.3) is 0 Å². The summed E-state index contributed by atoms with van der Waals surface area (Å²) in [6.07, 6.45) is 4.99. The van der Waals surface area contributed by atoms with Crippen LogP contribution in [0.4, 0.5) is 0 Å². The zero-order chi connectivity index (χ0) is 20.6. The zero-order valence-corrected chi connectivity index (χ0v) is 21.3. The molecule has 0 radical (unpaired) electrons. The molecule has 1 fully saturated rings. The minimum absolute atomic E-state index is 0. The number of likely N-dealkylation sites (tertiary alicyclic amines) is 1. The maximum absolute atomic E-state index is 11.7. The quantitative estimate of drug-likeness (QED) is 0.304. The van der Waals surface area contributed by atoms with E-state index in [-0.39, 0.29) is 24.0 Å². The molecule has 0 spiro atoms. The molecular weight excluding hydrogens is 499 g/mol. The van der Waals surface area contributed by atoms with Crippen molar-refractivity contribution in [1.29, 1.82) is 0 Å². The maximum Gasteiger partial charge on any atom is 0.191 e. The largest absolute Gasteiger partial charge is 0.357 e. The van der Waals surface area contributed by atoms with Crippen molar-refractivity contribution in [2.75, 3.05) is 39.0 Å². The van der Waals surface area contributed by atoms with Crippen LogP contribution in [0.5, 0.6) is 0 Å². The lowest BCUT2D eigenvalue weighted by Gasteiger charge is -2.31. The Kier molecular flexibility index (Phi) is 11.5. The average molecular weight is 537 g/mol. The molecule has 8 heteroatoms. The van der Waals surface area contributed by atoms with Crippen molar-refractivity contribution in [3.05, 3.63) is 29.3 Å². The number of aliphatic imine (C=N–C) groups is 1. The van der Waals surface area contributed by atoms with E-state index in [0.29, 0.717) is 11.4 Å².